The molecule has 1 heterocycles. The highest BCUT2D eigenvalue weighted by atomic mass is 19.1. The van der Waals surface area contributed by atoms with E-state index < -0.39 is 17.9 Å². The minimum Gasteiger partial charge on any atom is -0.332 e. The lowest BCUT2D eigenvalue weighted by Crippen LogP contribution is -2.43. The largest absolute Gasteiger partial charge is 0.332 e. The zero-order valence-corrected chi connectivity index (χ0v) is 18.6. The number of carbonyl (C=O) groups excluding carboxylic acids is 3. The predicted octanol–water partition coefficient (Wildman–Crippen LogP) is 3.43. The number of nitrogens with zero attached hydrogens (tertiary/aromatic N) is 3. The number of nitrogens with one attached hydrogen (secondary N) is 1. The molecule has 2 atom stereocenters. The average Bonchev–Trinajstić information content (AvgIpc) is 3.29. The zero-order valence-electron chi connectivity index (χ0n) is 18.6. The quantitative estimate of drug-likeness (QED) is 0.634. The standard InChI is InChI=1S/C26H23FN4O3/c1-30(26(34)19-8-7-18-12-21(27)10-9-17(18)11-19)16-24(32)31-15-20(13-23(31)14-28)25(33)29-22-5-3-2-4-6-22/h2-12,20,23H,13,15-16H2,1H3,(H,29,33). The van der Waals surface area contributed by atoms with Crippen molar-refractivity contribution in [3.05, 3.63) is 78.1 Å². The maximum atomic E-state index is 13.4. The summed E-state index contributed by atoms with van der Waals surface area (Å²) < 4.78 is 13.4. The number of para-hydroxylation sites is 1. The van der Waals surface area contributed by atoms with E-state index in [-0.39, 0.29) is 37.1 Å². The maximum Gasteiger partial charge on any atom is 0.254 e. The van der Waals surface area contributed by atoms with Gasteiger partial charge in [0.05, 0.1) is 18.5 Å². The molecular formula is C26H23FN4O3. The van der Waals surface area contributed by atoms with Crippen molar-refractivity contribution in [2.75, 3.05) is 25.5 Å². The summed E-state index contributed by atoms with van der Waals surface area (Å²) in [6, 6.07) is 19.5. The van der Waals surface area contributed by atoms with Gasteiger partial charge in [0.25, 0.3) is 5.91 Å². The molecule has 1 saturated heterocycles. The van der Waals surface area contributed by atoms with E-state index in [2.05, 4.69) is 11.4 Å². The van der Waals surface area contributed by atoms with Crippen molar-refractivity contribution >= 4 is 34.2 Å². The zero-order chi connectivity index (χ0) is 24.2. The van der Waals surface area contributed by atoms with Gasteiger partial charge in [-0.2, -0.15) is 5.26 Å². The summed E-state index contributed by atoms with van der Waals surface area (Å²) in [6.45, 7) is -0.120. The van der Waals surface area contributed by atoms with Gasteiger partial charge in [0.15, 0.2) is 0 Å². The van der Waals surface area contributed by atoms with E-state index in [9.17, 15) is 24.0 Å². The first kappa shape index (κ1) is 22.9. The number of rotatable bonds is 5. The normalized spacial score (nSPS) is 17.3. The highest BCUT2D eigenvalue weighted by Crippen LogP contribution is 2.25. The predicted molar refractivity (Wildman–Crippen MR) is 125 cm³/mol. The second-order valence-corrected chi connectivity index (χ2v) is 8.35. The third kappa shape index (κ3) is 4.89. The lowest BCUT2D eigenvalue weighted by molar-refractivity contribution is -0.131. The Balaban J connectivity index is 1.40. The van der Waals surface area contributed by atoms with Crippen LogP contribution in [0.1, 0.15) is 16.8 Å². The van der Waals surface area contributed by atoms with E-state index in [1.165, 1.54) is 29.0 Å². The molecule has 8 heteroatoms. The number of likely N-dealkylation sites (N-methyl/N-ethyl adjacent to an activating group) is 1. The minimum atomic E-state index is -0.738. The average molecular weight is 458 g/mol. The second-order valence-electron chi connectivity index (χ2n) is 8.35. The number of amides is 3. The van der Waals surface area contributed by atoms with Crippen LogP contribution in [0.3, 0.4) is 0 Å². The molecule has 0 aliphatic carbocycles. The fourth-order valence-electron chi connectivity index (χ4n) is 4.13. The number of hydrogen-bond acceptors (Lipinski definition) is 4. The lowest BCUT2D eigenvalue weighted by Gasteiger charge is -2.24. The summed E-state index contributed by atoms with van der Waals surface area (Å²) in [5.74, 6) is -1.90. The van der Waals surface area contributed by atoms with Crippen molar-refractivity contribution in [3.8, 4) is 6.07 Å². The van der Waals surface area contributed by atoms with Gasteiger partial charge in [0.2, 0.25) is 11.8 Å². The van der Waals surface area contributed by atoms with Crippen LogP contribution in [0, 0.1) is 23.1 Å². The molecule has 1 N–H and O–H groups in total. The molecule has 0 bridgehead atoms. The van der Waals surface area contributed by atoms with Crippen LogP contribution in [-0.2, 0) is 9.59 Å². The van der Waals surface area contributed by atoms with Gasteiger partial charge in [0.1, 0.15) is 11.9 Å². The van der Waals surface area contributed by atoms with Gasteiger partial charge in [-0.25, -0.2) is 4.39 Å². The summed E-state index contributed by atoms with van der Waals surface area (Å²) in [5.41, 5.74) is 1.02. The lowest BCUT2D eigenvalue weighted by atomic mass is 10.1. The van der Waals surface area contributed by atoms with E-state index in [0.29, 0.717) is 22.0 Å². The topological polar surface area (TPSA) is 93.5 Å². The van der Waals surface area contributed by atoms with Crippen molar-refractivity contribution in [2.24, 2.45) is 5.92 Å². The van der Waals surface area contributed by atoms with Gasteiger partial charge in [0, 0.05) is 24.8 Å². The van der Waals surface area contributed by atoms with Crippen LogP contribution >= 0.6 is 0 Å². The Labute approximate surface area is 196 Å². The van der Waals surface area contributed by atoms with E-state index in [4.69, 9.17) is 0 Å². The van der Waals surface area contributed by atoms with E-state index in [1.54, 1.807) is 48.5 Å². The van der Waals surface area contributed by atoms with Crippen molar-refractivity contribution < 1.29 is 18.8 Å². The van der Waals surface area contributed by atoms with Crippen LogP contribution < -0.4 is 5.32 Å². The Bertz CT molecular complexity index is 1290. The van der Waals surface area contributed by atoms with Gasteiger partial charge >= 0.3 is 0 Å². The van der Waals surface area contributed by atoms with Crippen LogP contribution in [0.15, 0.2) is 66.7 Å². The molecule has 1 aliphatic rings. The van der Waals surface area contributed by atoms with Gasteiger partial charge in [-0.1, -0.05) is 30.3 Å². The summed E-state index contributed by atoms with van der Waals surface area (Å²) in [5, 5.41) is 13.7. The third-order valence-corrected chi connectivity index (χ3v) is 5.95. The Morgan fingerprint density at radius 3 is 2.53 bits per heavy atom. The molecule has 0 spiro atoms. The van der Waals surface area contributed by atoms with E-state index in [1.807, 2.05) is 6.07 Å². The highest BCUT2D eigenvalue weighted by Gasteiger charge is 2.39. The molecule has 4 rings (SSSR count). The molecule has 7 nitrogen and oxygen atoms in total. The molecule has 3 aromatic rings. The number of carbonyl (C=O) groups is 3. The van der Waals surface area contributed by atoms with Crippen molar-refractivity contribution in [1.29, 1.82) is 5.26 Å². The van der Waals surface area contributed by atoms with Gasteiger partial charge in [-0.15, -0.1) is 0 Å². The van der Waals surface area contributed by atoms with Gasteiger partial charge in [-0.3, -0.25) is 14.4 Å². The molecule has 1 fully saturated rings. The summed E-state index contributed by atoms with van der Waals surface area (Å²) in [4.78, 5) is 41.1. The Morgan fingerprint density at radius 1 is 1.09 bits per heavy atom. The van der Waals surface area contributed by atoms with E-state index >= 15 is 0 Å². The fraction of sp³-hybridized carbons (Fsp3) is 0.231. The minimum absolute atomic E-state index is 0.110. The van der Waals surface area contributed by atoms with E-state index in [0.717, 1.165) is 0 Å². The molecular weight excluding hydrogens is 435 g/mol. The Hall–Kier alpha value is -4.25. The second kappa shape index (κ2) is 9.71. The highest BCUT2D eigenvalue weighted by molar-refractivity contribution is 6.00. The van der Waals surface area contributed by atoms with Crippen LogP contribution in [-0.4, -0.2) is 53.7 Å². The van der Waals surface area contributed by atoms with Crippen molar-refractivity contribution in [1.82, 2.24) is 9.80 Å². The molecule has 0 aromatic heterocycles. The molecule has 3 amide bonds. The molecule has 34 heavy (non-hydrogen) atoms. The fourth-order valence-corrected chi connectivity index (χ4v) is 4.13. The molecule has 3 aromatic carbocycles. The number of hydrogen-bond donors (Lipinski definition) is 1. The molecule has 0 saturated carbocycles. The first-order chi connectivity index (χ1) is 16.4. The number of halogens is 1. The van der Waals surface area contributed by atoms with Crippen LogP contribution in [0.25, 0.3) is 10.8 Å². The Morgan fingerprint density at radius 2 is 1.79 bits per heavy atom. The number of anilines is 1. The summed E-state index contributed by atoms with van der Waals surface area (Å²) >= 11 is 0. The number of likely N-dealkylation sites (tertiary alicyclic amines) is 1. The van der Waals surface area contributed by atoms with Crippen LogP contribution in [0.2, 0.25) is 0 Å². The number of benzene rings is 3. The summed E-state index contributed by atoms with van der Waals surface area (Å²) in [6.07, 6.45) is 0.236. The number of nitriles is 1. The summed E-state index contributed by atoms with van der Waals surface area (Å²) in [7, 11) is 1.51. The Kier molecular flexibility index (Phi) is 6.55. The molecule has 0 radical (unpaired) electrons. The van der Waals surface area contributed by atoms with Crippen molar-refractivity contribution in [2.45, 2.75) is 12.5 Å². The van der Waals surface area contributed by atoms with Crippen molar-refractivity contribution in [3.63, 3.8) is 0 Å². The molecule has 172 valence electrons. The smallest absolute Gasteiger partial charge is 0.254 e. The molecule has 2 unspecified atom stereocenters. The SMILES string of the molecule is CN(CC(=O)N1CC(C(=O)Nc2ccccc2)CC1C#N)C(=O)c1ccc2cc(F)ccc2c1. The third-order valence-electron chi connectivity index (χ3n) is 5.95. The maximum absolute atomic E-state index is 13.4. The van der Waals surface area contributed by atoms with Gasteiger partial charge in [-0.05, 0) is 53.6 Å². The molecule has 1 aliphatic heterocycles. The first-order valence-electron chi connectivity index (χ1n) is 10.9. The van der Waals surface area contributed by atoms with Gasteiger partial charge < -0.3 is 15.1 Å². The van der Waals surface area contributed by atoms with Crippen LogP contribution in [0.4, 0.5) is 10.1 Å². The first-order valence-corrected chi connectivity index (χ1v) is 10.9. The monoisotopic (exact) mass is 458 g/mol. The van der Waals surface area contributed by atoms with Crippen LogP contribution in [0.5, 0.6) is 0 Å². The number of fused-ring (bicyclic) bond motifs is 1.